The molecule has 0 saturated carbocycles. The van der Waals surface area contributed by atoms with E-state index in [9.17, 15) is 10.1 Å². The molecule has 0 unspecified atom stereocenters. The number of halogens is 2. The number of piperazine rings is 1. The molecular formula is C16H18Cl2N6O3. The van der Waals surface area contributed by atoms with Crippen molar-refractivity contribution < 1.29 is 10.0 Å². The first-order valence-corrected chi connectivity index (χ1v) is 9.05. The van der Waals surface area contributed by atoms with Crippen LogP contribution >= 0.6 is 23.2 Å². The second-order valence-electron chi connectivity index (χ2n) is 5.95. The smallest absolute Gasteiger partial charge is 0.353 e. The van der Waals surface area contributed by atoms with E-state index < -0.39 is 4.92 Å². The van der Waals surface area contributed by atoms with Crippen LogP contribution in [0.3, 0.4) is 0 Å². The third-order valence-corrected chi connectivity index (χ3v) is 4.82. The molecular weight excluding hydrogens is 395 g/mol. The molecule has 0 amide bonds. The lowest BCUT2D eigenvalue weighted by atomic mass is 10.2. The van der Waals surface area contributed by atoms with Crippen LogP contribution in [0.15, 0.2) is 24.5 Å². The van der Waals surface area contributed by atoms with Crippen LogP contribution in [0.2, 0.25) is 10.0 Å². The first-order chi connectivity index (χ1) is 13.0. The van der Waals surface area contributed by atoms with Gasteiger partial charge in [-0.2, -0.15) is 0 Å². The average Bonchev–Trinajstić information content (AvgIpc) is 2.65. The van der Waals surface area contributed by atoms with Gasteiger partial charge in [0.2, 0.25) is 11.6 Å². The third kappa shape index (κ3) is 4.56. The number of anilines is 3. The predicted molar refractivity (Wildman–Crippen MR) is 104 cm³/mol. The molecule has 0 bridgehead atoms. The van der Waals surface area contributed by atoms with Crippen LogP contribution in [0, 0.1) is 10.1 Å². The number of aliphatic hydroxyl groups is 1. The van der Waals surface area contributed by atoms with Gasteiger partial charge in [0.25, 0.3) is 0 Å². The van der Waals surface area contributed by atoms with E-state index in [1.54, 1.807) is 18.2 Å². The minimum atomic E-state index is -0.504. The summed E-state index contributed by atoms with van der Waals surface area (Å²) in [7, 11) is 0. The Hall–Kier alpha value is -2.20. The van der Waals surface area contributed by atoms with Crippen LogP contribution in [-0.4, -0.2) is 64.2 Å². The highest BCUT2D eigenvalue weighted by Gasteiger charge is 2.29. The normalized spacial score (nSPS) is 15.0. The van der Waals surface area contributed by atoms with Crippen molar-refractivity contribution in [3.05, 3.63) is 44.7 Å². The summed E-state index contributed by atoms with van der Waals surface area (Å²) in [5.74, 6) is 0.297. The van der Waals surface area contributed by atoms with Gasteiger partial charge in [0.1, 0.15) is 6.33 Å². The monoisotopic (exact) mass is 412 g/mol. The molecule has 144 valence electrons. The van der Waals surface area contributed by atoms with Gasteiger partial charge >= 0.3 is 5.69 Å². The Morgan fingerprint density at radius 3 is 2.63 bits per heavy atom. The molecule has 2 heterocycles. The molecule has 1 saturated heterocycles. The molecule has 0 radical (unpaired) electrons. The lowest BCUT2D eigenvalue weighted by molar-refractivity contribution is -0.383. The number of rotatable bonds is 6. The van der Waals surface area contributed by atoms with E-state index in [1.165, 1.54) is 6.33 Å². The van der Waals surface area contributed by atoms with Crippen molar-refractivity contribution in [1.82, 2.24) is 14.9 Å². The van der Waals surface area contributed by atoms with Gasteiger partial charge in [0.05, 0.1) is 22.2 Å². The van der Waals surface area contributed by atoms with Crippen molar-refractivity contribution in [2.45, 2.75) is 0 Å². The Balaban J connectivity index is 1.89. The second-order valence-corrected chi connectivity index (χ2v) is 6.80. The minimum absolute atomic E-state index is 0.0481. The van der Waals surface area contributed by atoms with Gasteiger partial charge in [-0.15, -0.1) is 0 Å². The average molecular weight is 413 g/mol. The second kappa shape index (κ2) is 8.66. The molecule has 1 aromatic carbocycles. The SMILES string of the molecule is O=[N+]([O-])c1c(Nc2cc(Cl)ccc2Cl)ncnc1N1CCN(CCO)CC1. The van der Waals surface area contributed by atoms with Crippen LogP contribution in [0.25, 0.3) is 0 Å². The van der Waals surface area contributed by atoms with E-state index in [-0.39, 0.29) is 23.9 Å². The fraction of sp³-hybridized carbons (Fsp3) is 0.375. The van der Waals surface area contributed by atoms with Gasteiger partial charge < -0.3 is 15.3 Å². The summed E-state index contributed by atoms with van der Waals surface area (Å²) < 4.78 is 0. The quantitative estimate of drug-likeness (QED) is 0.550. The fourth-order valence-corrected chi connectivity index (χ4v) is 3.24. The molecule has 1 aromatic heterocycles. The van der Waals surface area contributed by atoms with E-state index in [4.69, 9.17) is 28.3 Å². The topological polar surface area (TPSA) is 108 Å². The van der Waals surface area contributed by atoms with Crippen molar-refractivity contribution in [2.75, 3.05) is 49.5 Å². The third-order valence-electron chi connectivity index (χ3n) is 4.26. The van der Waals surface area contributed by atoms with Gasteiger partial charge in [-0.1, -0.05) is 23.2 Å². The first kappa shape index (κ1) is 19.6. The van der Waals surface area contributed by atoms with E-state index in [0.717, 1.165) is 0 Å². The van der Waals surface area contributed by atoms with E-state index in [1.807, 2.05) is 4.90 Å². The molecule has 0 atom stereocenters. The summed E-state index contributed by atoms with van der Waals surface area (Å²) in [5, 5.41) is 24.5. The maximum Gasteiger partial charge on any atom is 0.353 e. The van der Waals surface area contributed by atoms with Crippen molar-refractivity contribution in [1.29, 1.82) is 0 Å². The summed E-state index contributed by atoms with van der Waals surface area (Å²) in [6, 6.07) is 4.80. The number of aromatic nitrogens is 2. The summed E-state index contributed by atoms with van der Waals surface area (Å²) in [4.78, 5) is 23.4. The van der Waals surface area contributed by atoms with Gasteiger partial charge in [0, 0.05) is 37.7 Å². The van der Waals surface area contributed by atoms with E-state index in [2.05, 4.69) is 20.2 Å². The van der Waals surface area contributed by atoms with Crippen LogP contribution in [0.4, 0.5) is 23.0 Å². The zero-order valence-corrected chi connectivity index (χ0v) is 15.8. The van der Waals surface area contributed by atoms with Crippen molar-refractivity contribution in [2.24, 2.45) is 0 Å². The van der Waals surface area contributed by atoms with Gasteiger partial charge in [-0.05, 0) is 18.2 Å². The first-order valence-electron chi connectivity index (χ1n) is 8.29. The molecule has 0 spiro atoms. The lowest BCUT2D eigenvalue weighted by Gasteiger charge is -2.34. The molecule has 1 aliphatic rings. The summed E-state index contributed by atoms with van der Waals surface area (Å²) in [6.07, 6.45) is 1.28. The predicted octanol–water partition coefficient (Wildman–Crippen LogP) is 2.55. The van der Waals surface area contributed by atoms with Crippen molar-refractivity contribution in [3.63, 3.8) is 0 Å². The zero-order chi connectivity index (χ0) is 19.4. The summed E-state index contributed by atoms with van der Waals surface area (Å²) in [5.41, 5.74) is 0.203. The molecule has 2 N–H and O–H groups in total. The number of nitro groups is 1. The summed E-state index contributed by atoms with van der Waals surface area (Å²) >= 11 is 12.1. The highest BCUT2D eigenvalue weighted by atomic mass is 35.5. The highest BCUT2D eigenvalue weighted by molar-refractivity contribution is 6.35. The number of β-amino-alcohol motifs (C(OH)–C–C–N with tert-alkyl or cyclic N) is 1. The van der Waals surface area contributed by atoms with Crippen molar-refractivity contribution >= 4 is 46.2 Å². The van der Waals surface area contributed by atoms with Crippen LogP contribution in [0.5, 0.6) is 0 Å². The molecule has 11 heteroatoms. The molecule has 3 rings (SSSR count). The van der Waals surface area contributed by atoms with Gasteiger partial charge in [-0.3, -0.25) is 15.0 Å². The largest absolute Gasteiger partial charge is 0.395 e. The molecule has 1 aliphatic heterocycles. The van der Waals surface area contributed by atoms with Crippen LogP contribution in [-0.2, 0) is 0 Å². The lowest BCUT2D eigenvalue weighted by Crippen LogP contribution is -2.47. The zero-order valence-electron chi connectivity index (χ0n) is 14.3. The molecule has 27 heavy (non-hydrogen) atoms. The number of nitrogens with one attached hydrogen (secondary N) is 1. The minimum Gasteiger partial charge on any atom is -0.395 e. The number of nitrogens with zero attached hydrogens (tertiary/aromatic N) is 5. The Bertz CT molecular complexity index is 830. The number of hydrogen-bond acceptors (Lipinski definition) is 8. The highest BCUT2D eigenvalue weighted by Crippen LogP contribution is 2.36. The van der Waals surface area contributed by atoms with Crippen LogP contribution in [0.1, 0.15) is 0 Å². The molecule has 1 fully saturated rings. The Labute approximate surface area is 165 Å². The number of hydrogen-bond donors (Lipinski definition) is 2. The van der Waals surface area contributed by atoms with E-state index in [0.29, 0.717) is 48.5 Å². The fourth-order valence-electron chi connectivity index (χ4n) is 2.91. The maximum atomic E-state index is 11.8. The number of benzene rings is 1. The summed E-state index contributed by atoms with van der Waals surface area (Å²) in [6.45, 7) is 3.17. The van der Waals surface area contributed by atoms with Crippen molar-refractivity contribution in [3.8, 4) is 0 Å². The van der Waals surface area contributed by atoms with Gasteiger partial charge in [-0.25, -0.2) is 9.97 Å². The van der Waals surface area contributed by atoms with E-state index >= 15 is 0 Å². The molecule has 0 aliphatic carbocycles. The van der Waals surface area contributed by atoms with Crippen LogP contribution < -0.4 is 10.2 Å². The number of aliphatic hydroxyl groups excluding tert-OH is 1. The Kier molecular flexibility index (Phi) is 6.27. The molecule has 2 aromatic rings. The Morgan fingerprint density at radius 2 is 1.96 bits per heavy atom. The van der Waals surface area contributed by atoms with Gasteiger partial charge in [0.15, 0.2) is 0 Å². The maximum absolute atomic E-state index is 11.8. The molecule has 9 nitrogen and oxygen atoms in total. The Morgan fingerprint density at radius 1 is 1.22 bits per heavy atom. The standard InChI is InChI=1S/C16H18Cl2N6O3/c17-11-1-2-12(18)13(9-11)21-15-14(24(26)27)16(20-10-19-15)23-5-3-22(4-6-23)7-8-25/h1-2,9-10,25H,3-8H2,(H,19,20,21).